The number of anilines is 1. The Morgan fingerprint density at radius 2 is 1.65 bits per heavy atom. The number of morpholine rings is 1. The topological polar surface area (TPSA) is 202 Å². The third-order valence-corrected chi connectivity index (χ3v) is 11.6. The van der Waals surface area contributed by atoms with Gasteiger partial charge in [0.25, 0.3) is 0 Å². The number of aliphatic hydroxyl groups is 3. The molecule has 300 valence electrons. The van der Waals surface area contributed by atoms with E-state index < -0.39 is 49.2 Å². The number of amides is 2. The number of carbonyl (C=O) groups is 2. The fourth-order valence-corrected chi connectivity index (χ4v) is 8.47. The number of methoxy groups -OCH3 is 1. The Morgan fingerprint density at radius 1 is 0.947 bits per heavy atom. The van der Waals surface area contributed by atoms with Crippen molar-refractivity contribution in [1.82, 2.24) is 30.2 Å². The second-order valence-corrected chi connectivity index (χ2v) is 15.1. The molecular formula is C41H47N7O8S. The van der Waals surface area contributed by atoms with Crippen LogP contribution in [-0.2, 0) is 25.4 Å². The number of hydrogen-bond donors (Lipinski definition) is 6. The van der Waals surface area contributed by atoms with Crippen LogP contribution in [0.2, 0.25) is 0 Å². The van der Waals surface area contributed by atoms with Crippen molar-refractivity contribution in [1.29, 1.82) is 0 Å². The molecule has 0 saturated carbocycles. The summed E-state index contributed by atoms with van der Waals surface area (Å²) >= 11 is 1.48. The molecule has 4 heterocycles. The van der Waals surface area contributed by atoms with Gasteiger partial charge in [-0.15, -0.1) is 11.8 Å². The van der Waals surface area contributed by atoms with Crippen LogP contribution in [0.25, 0.3) is 11.2 Å². The number of nitrogens with one attached hydrogen (secondary N) is 3. The molecule has 0 bridgehead atoms. The minimum atomic E-state index is -1.26. The standard InChI is InChI=1S/C41H47N7O8S/c1-24-31(21-57-39-34-37(43-22-44-39)48(23-45-34)40-36(51)35(50)30(20-49)56-40)55-28(19-42-24)18-17-25-11-9-10-16-29(25)46-38(52)33(47-41(53)54-2)32(26-12-5-3-6-13-26)27-14-7-4-8-15-27/h3-16,22-24,28,30-33,35-36,40,42,49-51H,17-21H2,1-2H3,(H,46,52)(H,47,53)/t24-,28-,30-,31-,33+,35-,36-,40-/m1/s1. The third kappa shape index (κ3) is 9.12. The lowest BCUT2D eigenvalue weighted by Crippen LogP contribution is -2.52. The molecule has 0 spiro atoms. The van der Waals surface area contributed by atoms with Crippen molar-refractivity contribution < 1.29 is 39.1 Å². The average molecular weight is 798 g/mol. The van der Waals surface area contributed by atoms with Crippen molar-refractivity contribution in [2.24, 2.45) is 0 Å². The van der Waals surface area contributed by atoms with Gasteiger partial charge in [0.2, 0.25) is 5.91 Å². The van der Waals surface area contributed by atoms with Gasteiger partial charge in [0.15, 0.2) is 11.9 Å². The van der Waals surface area contributed by atoms with E-state index >= 15 is 0 Å². The maximum absolute atomic E-state index is 14.2. The van der Waals surface area contributed by atoms with Gasteiger partial charge in [-0.05, 0) is 42.5 Å². The van der Waals surface area contributed by atoms with E-state index in [2.05, 4.69) is 37.8 Å². The van der Waals surface area contributed by atoms with Gasteiger partial charge in [-0.2, -0.15) is 0 Å². The van der Waals surface area contributed by atoms with E-state index in [9.17, 15) is 24.9 Å². The fraction of sp³-hybridized carbons (Fsp3) is 0.390. The molecule has 0 radical (unpaired) electrons. The second kappa shape index (κ2) is 18.5. The van der Waals surface area contributed by atoms with Crippen molar-refractivity contribution >= 4 is 40.6 Å². The van der Waals surface area contributed by atoms with Crippen molar-refractivity contribution in [3.63, 3.8) is 0 Å². The minimum absolute atomic E-state index is 0.0653. The number of rotatable bonds is 14. The summed E-state index contributed by atoms with van der Waals surface area (Å²) in [7, 11) is 1.27. The summed E-state index contributed by atoms with van der Waals surface area (Å²) in [5.41, 5.74) is 4.27. The summed E-state index contributed by atoms with van der Waals surface area (Å²) in [6, 6.07) is 25.9. The van der Waals surface area contributed by atoms with Gasteiger partial charge in [-0.3, -0.25) is 9.36 Å². The van der Waals surface area contributed by atoms with E-state index in [-0.39, 0.29) is 24.2 Å². The number of para-hydroxylation sites is 1. The summed E-state index contributed by atoms with van der Waals surface area (Å²) in [5.74, 6) is -0.299. The Labute approximate surface area is 334 Å². The van der Waals surface area contributed by atoms with Gasteiger partial charge >= 0.3 is 6.09 Å². The third-order valence-electron chi connectivity index (χ3n) is 10.5. The number of nitrogens with zero attached hydrogens (tertiary/aromatic N) is 4. The van der Waals surface area contributed by atoms with Crippen LogP contribution in [0.1, 0.15) is 42.2 Å². The molecule has 15 nitrogen and oxygen atoms in total. The van der Waals surface area contributed by atoms with Crippen molar-refractivity contribution in [2.75, 3.05) is 31.3 Å². The van der Waals surface area contributed by atoms with Gasteiger partial charge in [-0.25, -0.2) is 19.7 Å². The quantitative estimate of drug-likeness (QED) is 0.0706. The molecule has 3 aromatic carbocycles. The van der Waals surface area contributed by atoms with Gasteiger partial charge < -0.3 is 45.5 Å². The monoisotopic (exact) mass is 797 g/mol. The highest BCUT2D eigenvalue weighted by molar-refractivity contribution is 7.99. The molecule has 2 saturated heterocycles. The smallest absolute Gasteiger partial charge is 0.407 e. The summed E-state index contributed by atoms with van der Waals surface area (Å²) < 4.78 is 18.8. The van der Waals surface area contributed by atoms with Crippen LogP contribution in [0.3, 0.4) is 0 Å². The first-order valence-corrected chi connectivity index (χ1v) is 19.9. The number of fused-ring (bicyclic) bond motifs is 1. The van der Waals surface area contributed by atoms with Gasteiger partial charge in [0.1, 0.15) is 41.2 Å². The molecule has 2 aliphatic rings. The molecule has 2 aromatic heterocycles. The second-order valence-electron chi connectivity index (χ2n) is 14.1. The van der Waals surface area contributed by atoms with Crippen LogP contribution in [0, 0.1) is 0 Å². The molecule has 5 aromatic rings. The molecule has 16 heteroatoms. The summed E-state index contributed by atoms with van der Waals surface area (Å²) in [4.78, 5) is 40.2. The highest BCUT2D eigenvalue weighted by atomic mass is 32.2. The zero-order valence-corrected chi connectivity index (χ0v) is 32.4. The van der Waals surface area contributed by atoms with Crippen LogP contribution in [0.5, 0.6) is 0 Å². The normalized spacial score (nSPS) is 24.0. The SMILES string of the molecule is COC(=O)N[C@H](C(=O)Nc1ccccc1CC[C@@H]1CN[C@H](C)[C@@H](CSc2ncnc3c2ncn3[C@@H]2O[C@H](CO)[C@@H](O)[C@H]2O)O1)C(c1ccccc1)c1ccccc1. The Bertz CT molecular complexity index is 2070. The zero-order chi connectivity index (χ0) is 39.9. The number of ether oxygens (including phenoxy) is 3. The predicted octanol–water partition coefficient (Wildman–Crippen LogP) is 3.40. The van der Waals surface area contributed by atoms with E-state index in [0.29, 0.717) is 47.0 Å². The highest BCUT2D eigenvalue weighted by Crippen LogP contribution is 2.34. The summed E-state index contributed by atoms with van der Waals surface area (Å²) in [5, 5.41) is 40.5. The number of imidazole rings is 1. The van der Waals surface area contributed by atoms with Gasteiger partial charge in [0, 0.05) is 29.9 Å². The van der Waals surface area contributed by atoms with Crippen LogP contribution < -0.4 is 16.0 Å². The lowest BCUT2D eigenvalue weighted by atomic mass is 9.84. The number of aliphatic hydroxyl groups excluding tert-OH is 3. The van der Waals surface area contributed by atoms with E-state index in [1.165, 1.54) is 31.5 Å². The van der Waals surface area contributed by atoms with E-state index in [1.807, 2.05) is 84.9 Å². The molecule has 7 rings (SSSR count). The Morgan fingerprint density at radius 3 is 2.33 bits per heavy atom. The first-order chi connectivity index (χ1) is 27.7. The van der Waals surface area contributed by atoms with Gasteiger partial charge in [0.05, 0.1) is 32.3 Å². The number of alkyl carbamates (subject to hydrolysis) is 1. The number of carbonyl (C=O) groups excluding carboxylic acids is 2. The number of thioether (sulfide) groups is 1. The molecule has 57 heavy (non-hydrogen) atoms. The number of hydrogen-bond acceptors (Lipinski definition) is 13. The Hall–Kier alpha value is -4.94. The minimum Gasteiger partial charge on any atom is -0.453 e. The molecule has 8 atom stereocenters. The maximum Gasteiger partial charge on any atom is 0.407 e. The highest BCUT2D eigenvalue weighted by Gasteiger charge is 2.44. The van der Waals surface area contributed by atoms with Crippen molar-refractivity contribution in [3.05, 3.63) is 114 Å². The number of aromatic nitrogens is 4. The lowest BCUT2D eigenvalue weighted by molar-refractivity contribution is -0.118. The predicted molar refractivity (Wildman–Crippen MR) is 213 cm³/mol. The molecule has 0 unspecified atom stereocenters. The molecular weight excluding hydrogens is 751 g/mol. The van der Waals surface area contributed by atoms with Gasteiger partial charge in [-0.1, -0.05) is 78.9 Å². The first-order valence-electron chi connectivity index (χ1n) is 18.9. The number of benzene rings is 3. The molecule has 2 amide bonds. The van der Waals surface area contributed by atoms with Crippen molar-refractivity contribution in [3.8, 4) is 0 Å². The number of aryl methyl sites for hydroxylation is 1. The summed E-state index contributed by atoms with van der Waals surface area (Å²) in [6.07, 6.45) is -1.15. The molecule has 2 fully saturated rings. The van der Waals surface area contributed by atoms with Crippen LogP contribution in [0.15, 0.2) is 103 Å². The van der Waals surface area contributed by atoms with E-state index in [0.717, 1.165) is 16.7 Å². The Kier molecular flexibility index (Phi) is 13.1. The molecule has 2 aliphatic heterocycles. The van der Waals surface area contributed by atoms with Crippen LogP contribution in [-0.4, -0.2) is 115 Å². The average Bonchev–Trinajstić information content (AvgIpc) is 3.80. The maximum atomic E-state index is 14.2. The Balaban J connectivity index is 1.01. The fourth-order valence-electron chi connectivity index (χ4n) is 7.38. The zero-order valence-electron chi connectivity index (χ0n) is 31.5. The largest absolute Gasteiger partial charge is 0.453 e. The van der Waals surface area contributed by atoms with E-state index in [4.69, 9.17) is 14.2 Å². The van der Waals surface area contributed by atoms with Crippen molar-refractivity contribution in [2.45, 2.75) is 79.5 Å². The lowest BCUT2D eigenvalue weighted by Gasteiger charge is -2.36. The first kappa shape index (κ1) is 40.3. The van der Waals surface area contributed by atoms with E-state index in [1.54, 1.807) is 4.57 Å². The molecule has 6 N–H and O–H groups in total. The van der Waals surface area contributed by atoms with Crippen LogP contribution >= 0.6 is 11.8 Å². The molecule has 0 aliphatic carbocycles. The van der Waals surface area contributed by atoms with Crippen LogP contribution in [0.4, 0.5) is 10.5 Å². The summed E-state index contributed by atoms with van der Waals surface area (Å²) in [6.45, 7) is 2.30.